The van der Waals surface area contributed by atoms with E-state index in [9.17, 15) is 5.02 Å². The van der Waals surface area contributed by atoms with Gasteiger partial charge in [0.2, 0.25) is 0 Å². The van der Waals surface area contributed by atoms with E-state index in [4.69, 9.17) is 14.2 Å². The first kappa shape index (κ1) is 24.1. The van der Waals surface area contributed by atoms with Crippen molar-refractivity contribution in [3.8, 4) is 33.9 Å². The van der Waals surface area contributed by atoms with Crippen molar-refractivity contribution < 1.29 is 19.2 Å². The Kier molecular flexibility index (Phi) is 6.48. The Hall–Kier alpha value is -3.21. The number of rotatable bonds is 7. The number of benzene rings is 1. The second-order valence-electron chi connectivity index (χ2n) is 10.2. The number of aryl methyl sites for hydroxylation is 1. The zero-order chi connectivity index (χ0) is 25.5. The van der Waals surface area contributed by atoms with Crippen LogP contribution in [0.3, 0.4) is 0 Å². The van der Waals surface area contributed by atoms with Crippen molar-refractivity contribution in [1.82, 2.24) is 24.8 Å². The number of methoxy groups -OCH3 is 1. The van der Waals surface area contributed by atoms with Crippen molar-refractivity contribution in [2.45, 2.75) is 44.6 Å². The predicted octanol–water partition coefficient (Wildman–Crippen LogP) is 3.66. The number of hydrogen-bond acceptors (Lipinski definition) is 8. The van der Waals surface area contributed by atoms with Crippen LogP contribution >= 0.6 is 0 Å². The third kappa shape index (κ3) is 4.54. The molecule has 1 N–H and O–H groups in total. The van der Waals surface area contributed by atoms with Gasteiger partial charge in [0.05, 0.1) is 6.20 Å². The lowest BCUT2D eigenvalue weighted by Crippen LogP contribution is -2.50. The van der Waals surface area contributed by atoms with E-state index in [0.717, 1.165) is 53.8 Å². The van der Waals surface area contributed by atoms with Crippen LogP contribution in [0.25, 0.3) is 28.0 Å². The summed E-state index contributed by atoms with van der Waals surface area (Å²) in [6.45, 7) is 2.53. The van der Waals surface area contributed by atoms with E-state index in [0.29, 0.717) is 36.1 Å². The molecule has 2 aromatic heterocycles. The molecule has 0 saturated carbocycles. The van der Waals surface area contributed by atoms with E-state index in [-0.39, 0.29) is 6.79 Å². The highest BCUT2D eigenvalue weighted by Crippen LogP contribution is 2.46. The van der Waals surface area contributed by atoms with E-state index in [1.54, 1.807) is 11.8 Å². The molecule has 2 fully saturated rings. The van der Waals surface area contributed by atoms with E-state index >= 15 is 0 Å². The van der Waals surface area contributed by atoms with E-state index in [2.05, 4.69) is 26.2 Å². The lowest BCUT2D eigenvalue weighted by molar-refractivity contribution is 0.0515. The maximum absolute atomic E-state index is 10.3. The molecule has 10 heteroatoms. The highest BCUT2D eigenvalue weighted by atomic mass is 16.7. The van der Waals surface area contributed by atoms with Crippen molar-refractivity contribution in [2.75, 3.05) is 20.5 Å². The minimum absolute atomic E-state index is 0.124. The third-order valence-electron chi connectivity index (χ3n) is 7.86. The van der Waals surface area contributed by atoms with Crippen LogP contribution in [0.15, 0.2) is 42.7 Å². The largest absolute Gasteiger partial charge is 0.487 e. The Morgan fingerprint density at radius 2 is 1.95 bits per heavy atom. The second kappa shape index (κ2) is 9.93. The van der Waals surface area contributed by atoms with Gasteiger partial charge in [-0.3, -0.25) is 4.68 Å². The van der Waals surface area contributed by atoms with Gasteiger partial charge >= 0.3 is 7.05 Å². The zero-order valence-corrected chi connectivity index (χ0v) is 21.5. The minimum Gasteiger partial charge on any atom is -0.487 e. The molecule has 0 radical (unpaired) electrons. The van der Waals surface area contributed by atoms with Gasteiger partial charge in [0.15, 0.2) is 6.79 Å². The molecule has 5 heterocycles. The number of allylic oxidation sites excluding steroid dienone is 1. The summed E-state index contributed by atoms with van der Waals surface area (Å²) in [5, 5.41) is 23.8. The van der Waals surface area contributed by atoms with Crippen molar-refractivity contribution in [3.63, 3.8) is 0 Å². The molecule has 6 rings (SSSR count). The van der Waals surface area contributed by atoms with E-state index in [1.807, 2.05) is 50.5 Å². The molecule has 37 heavy (non-hydrogen) atoms. The highest BCUT2D eigenvalue weighted by molar-refractivity contribution is 6.45. The molecule has 0 spiro atoms. The first-order valence-electron chi connectivity index (χ1n) is 12.9. The smallest absolute Gasteiger partial charge is 0.376 e. The average molecular weight is 501 g/mol. The van der Waals surface area contributed by atoms with Crippen LogP contribution in [0.5, 0.6) is 11.5 Å². The molecule has 2 bridgehead atoms. The van der Waals surface area contributed by atoms with Gasteiger partial charge in [-0.2, -0.15) is 5.10 Å². The van der Waals surface area contributed by atoms with Gasteiger partial charge in [0.25, 0.3) is 0 Å². The van der Waals surface area contributed by atoms with Crippen molar-refractivity contribution in [2.24, 2.45) is 13.0 Å². The molecular formula is C27H32BN5O4. The molecule has 1 aromatic carbocycles. The van der Waals surface area contributed by atoms with Crippen LogP contribution in [-0.2, 0) is 11.8 Å². The van der Waals surface area contributed by atoms with Gasteiger partial charge in [-0.25, -0.2) is 0 Å². The second-order valence-corrected chi connectivity index (χ2v) is 10.2. The fraction of sp³-hybridized carbons (Fsp3) is 0.444. The van der Waals surface area contributed by atoms with Gasteiger partial charge in [-0.15, -0.1) is 10.2 Å². The Balaban J connectivity index is 1.29. The summed E-state index contributed by atoms with van der Waals surface area (Å²) in [6, 6.07) is 8.81. The number of hydrogen-bond donors (Lipinski definition) is 1. The van der Waals surface area contributed by atoms with Gasteiger partial charge in [-0.05, 0) is 67.8 Å². The van der Waals surface area contributed by atoms with Gasteiger partial charge in [0, 0.05) is 49.6 Å². The lowest BCUT2D eigenvalue weighted by Gasteiger charge is -2.41. The molecule has 3 aliphatic heterocycles. The molecule has 0 aliphatic carbocycles. The normalized spacial score (nSPS) is 22.8. The lowest BCUT2D eigenvalue weighted by atomic mass is 9.74. The summed E-state index contributed by atoms with van der Waals surface area (Å²) in [5.74, 6) is 1.81. The summed E-state index contributed by atoms with van der Waals surface area (Å²) < 4.78 is 18.9. The number of nitrogens with zero attached hydrogens (tertiary/aromatic N) is 5. The summed E-state index contributed by atoms with van der Waals surface area (Å²) in [7, 11) is 3.10. The fourth-order valence-electron chi connectivity index (χ4n) is 6.30. The van der Waals surface area contributed by atoms with Crippen molar-refractivity contribution in [3.05, 3.63) is 48.4 Å². The van der Waals surface area contributed by atoms with Crippen LogP contribution in [0, 0.1) is 5.92 Å². The molecule has 3 aromatic rings. The Morgan fingerprint density at radius 3 is 2.65 bits per heavy atom. The molecule has 1 unspecified atom stereocenters. The average Bonchev–Trinajstić information content (AvgIpc) is 3.46. The van der Waals surface area contributed by atoms with Crippen LogP contribution in [0.2, 0.25) is 6.82 Å². The molecule has 9 nitrogen and oxygen atoms in total. The highest BCUT2D eigenvalue weighted by Gasteiger charge is 2.45. The molecule has 2 saturated heterocycles. The monoisotopic (exact) mass is 501 g/mol. The topological polar surface area (TPSA) is 94.8 Å². The molecule has 192 valence electrons. The SMILES string of the molecule is COCOc1cc(-c2cnn(C)c2)ccc1-c1cc2c(nn1)C(C1C[C@H]3CC[C@@H](C1)N3B(C)O)=CCO2. The fourth-order valence-corrected chi connectivity index (χ4v) is 6.30. The van der Waals surface area contributed by atoms with Crippen molar-refractivity contribution >= 4 is 12.6 Å². The van der Waals surface area contributed by atoms with Gasteiger partial charge in [0.1, 0.15) is 29.5 Å². The molecular weight excluding hydrogens is 469 g/mol. The Morgan fingerprint density at radius 1 is 1.14 bits per heavy atom. The first-order chi connectivity index (χ1) is 18.0. The van der Waals surface area contributed by atoms with E-state index < -0.39 is 7.05 Å². The summed E-state index contributed by atoms with van der Waals surface area (Å²) in [5.41, 5.74) is 5.56. The third-order valence-corrected chi connectivity index (χ3v) is 7.86. The van der Waals surface area contributed by atoms with Crippen LogP contribution < -0.4 is 9.47 Å². The van der Waals surface area contributed by atoms with Gasteiger partial charge < -0.3 is 24.0 Å². The number of ether oxygens (including phenoxy) is 3. The molecule has 3 aliphatic rings. The molecule has 3 atom stereocenters. The summed E-state index contributed by atoms with van der Waals surface area (Å²) in [6.07, 6.45) is 10.3. The minimum atomic E-state index is -0.393. The zero-order valence-electron chi connectivity index (χ0n) is 21.5. The van der Waals surface area contributed by atoms with Crippen LogP contribution in [-0.4, -0.2) is 69.5 Å². The number of piperidine rings is 1. The Labute approximate surface area is 217 Å². The Bertz CT molecular complexity index is 1310. The number of aromatic nitrogens is 4. The number of fused-ring (bicyclic) bond motifs is 3. The maximum atomic E-state index is 10.3. The van der Waals surface area contributed by atoms with Crippen LogP contribution in [0.1, 0.15) is 31.4 Å². The standard InChI is InChI=1S/C27H32BN5O4/c1-28(34)33-20-5-6-21(33)11-18(10-20)22-8-9-36-26-13-24(30-31-27(22)26)23-7-4-17(12-25(23)37-16-35-3)19-14-29-32(2)15-19/h4,7-8,12-15,18,20-21,34H,5-6,9-11,16H2,1-3H3/t18?,20-,21+. The van der Waals surface area contributed by atoms with Crippen LogP contribution in [0.4, 0.5) is 0 Å². The summed E-state index contributed by atoms with van der Waals surface area (Å²) in [4.78, 5) is 2.29. The predicted molar refractivity (Wildman–Crippen MR) is 141 cm³/mol. The van der Waals surface area contributed by atoms with E-state index in [1.165, 1.54) is 5.57 Å². The molecule has 0 amide bonds. The first-order valence-corrected chi connectivity index (χ1v) is 12.9. The summed E-state index contributed by atoms with van der Waals surface area (Å²) >= 11 is 0. The van der Waals surface area contributed by atoms with Gasteiger partial charge in [-0.1, -0.05) is 6.07 Å². The maximum Gasteiger partial charge on any atom is 0.376 e. The quantitative estimate of drug-likeness (QED) is 0.387. The van der Waals surface area contributed by atoms with Crippen molar-refractivity contribution in [1.29, 1.82) is 0 Å².